The lowest BCUT2D eigenvalue weighted by atomic mass is 9.90. The van der Waals surface area contributed by atoms with Gasteiger partial charge in [0.1, 0.15) is 42.3 Å². The van der Waals surface area contributed by atoms with Crippen LogP contribution in [0.3, 0.4) is 0 Å². The molecular formula is C127H128N12O6+6. The third-order valence-corrected chi connectivity index (χ3v) is 27.5. The second-order valence-electron chi connectivity index (χ2n) is 41.6. The lowest BCUT2D eigenvalue weighted by Crippen LogP contribution is -2.30. The number of benzene rings is 6. The molecule has 6 aromatic carbocycles. The molecule has 0 amide bonds. The highest BCUT2D eigenvalue weighted by Crippen LogP contribution is 2.45. The third-order valence-electron chi connectivity index (χ3n) is 27.5. The van der Waals surface area contributed by atoms with Crippen LogP contribution in [0.15, 0.2) is 318 Å². The van der Waals surface area contributed by atoms with Crippen LogP contribution in [0.1, 0.15) is 150 Å². The molecule has 18 nitrogen and oxygen atoms in total. The molecule has 145 heavy (non-hydrogen) atoms. The summed E-state index contributed by atoms with van der Waals surface area (Å²) in [5.74, 6) is 0.964. The van der Waals surface area contributed by atoms with Crippen LogP contribution in [0.5, 0.6) is 0 Å². The van der Waals surface area contributed by atoms with Crippen LogP contribution < -0.4 is 27.4 Å². The minimum atomic E-state index is -0.00220. The van der Waals surface area contributed by atoms with Crippen molar-refractivity contribution in [2.24, 2.45) is 53.6 Å². The summed E-state index contributed by atoms with van der Waals surface area (Å²) < 4.78 is 50.2. The van der Waals surface area contributed by atoms with Gasteiger partial charge in [0.25, 0.3) is 0 Å². The highest BCUT2D eigenvalue weighted by Gasteiger charge is 2.30. The van der Waals surface area contributed by atoms with Gasteiger partial charge in [-0.1, -0.05) is 149 Å². The van der Waals surface area contributed by atoms with Crippen LogP contribution in [0.25, 0.3) is 200 Å². The van der Waals surface area contributed by atoms with Crippen molar-refractivity contribution >= 4 is 132 Å². The van der Waals surface area contributed by atoms with Crippen molar-refractivity contribution < 1.29 is 53.9 Å². The molecule has 726 valence electrons. The van der Waals surface area contributed by atoms with Crippen molar-refractivity contribution in [1.82, 2.24) is 29.9 Å². The smallest absolute Gasteiger partial charge is 0.227 e. The number of aryl methyl sites for hydroxylation is 14. The van der Waals surface area contributed by atoms with Gasteiger partial charge in [-0.05, 0) is 228 Å². The SMILES string of the molecule is CCc1ccc2c(n1)oc1c(-c3cccc[n+]3C)c(C)ccc12.Cc1ccc2c(n1)oc1c(-c3cccc[n+]3C)c(C)ccc12.Cc1ccc2c(oc3nc(C(C)(C)C)ccc32)c1-c1cccc[n+]1C.Cc1ccc2c(oc3nc(C(C)C)ccc32)c1-c1cccc[n+]1C.Cc1ccc2c(oc3nc(CC(C)(C)C)ccc32)c1-c1cccc[n+]1C.Cc1ccc2c(oc3nc(CC(C)C)ccc32)c1-c1cccc[n+]1C. The number of hydrogen-bond donors (Lipinski definition) is 0. The molecule has 0 aliphatic heterocycles. The number of fused-ring (bicyclic) bond motifs is 18. The quantitative estimate of drug-likeness (QED) is 0.112. The summed E-state index contributed by atoms with van der Waals surface area (Å²) in [6.45, 7) is 38.8. The van der Waals surface area contributed by atoms with Gasteiger partial charge in [0, 0.05) is 177 Å². The van der Waals surface area contributed by atoms with E-state index in [1.54, 1.807) is 0 Å². The van der Waals surface area contributed by atoms with E-state index in [4.69, 9.17) is 46.4 Å². The Labute approximate surface area is 846 Å². The molecule has 18 heteroatoms. The Morgan fingerprint density at radius 1 is 0.255 bits per heavy atom. The fourth-order valence-corrected chi connectivity index (χ4v) is 19.9. The molecule has 0 aliphatic rings. The van der Waals surface area contributed by atoms with Crippen molar-refractivity contribution in [3.05, 3.63) is 360 Å². The third kappa shape index (κ3) is 19.5. The second-order valence-corrected chi connectivity index (χ2v) is 41.6. The predicted octanol–water partition coefficient (Wildman–Crippen LogP) is 28.8. The zero-order valence-corrected chi connectivity index (χ0v) is 87.8. The van der Waals surface area contributed by atoms with Crippen LogP contribution in [0, 0.1) is 59.8 Å². The van der Waals surface area contributed by atoms with E-state index in [-0.39, 0.29) is 10.8 Å². The van der Waals surface area contributed by atoms with E-state index in [9.17, 15) is 0 Å². The number of nitrogens with zero attached hydrogens (tertiary/aromatic N) is 12. The lowest BCUT2D eigenvalue weighted by molar-refractivity contribution is -0.660. The Morgan fingerprint density at radius 2 is 0.503 bits per heavy atom. The van der Waals surface area contributed by atoms with Crippen molar-refractivity contribution in [3.8, 4) is 67.5 Å². The zero-order valence-electron chi connectivity index (χ0n) is 87.8. The van der Waals surface area contributed by atoms with Gasteiger partial charge in [-0.25, -0.2) is 57.3 Å². The first-order valence-corrected chi connectivity index (χ1v) is 50.2. The molecule has 0 N–H and O–H groups in total. The van der Waals surface area contributed by atoms with E-state index in [1.807, 2.05) is 49.4 Å². The molecule has 0 spiro atoms. The minimum Gasteiger partial charge on any atom is -0.437 e. The van der Waals surface area contributed by atoms with Crippen molar-refractivity contribution in [2.45, 2.75) is 155 Å². The Hall–Kier alpha value is -16.1. The number of furan rings is 6. The first-order valence-electron chi connectivity index (χ1n) is 50.2. The van der Waals surface area contributed by atoms with Crippen molar-refractivity contribution in [3.63, 3.8) is 0 Å². The standard InChI is InChI=1S/C23H25N2O.2C22H23N2O.C21H21N2O.C20H19N2O.C19H17N2O/c1-15-9-11-17-18-12-10-16(14-23(2,3)4)24-22(18)26-21(17)20(15)19-8-6-7-13-25(19)5;1-14-9-10-15-16-11-12-18(22(2,3)4)23-21(16)25-20(15)19(14)17-8-6-7-13-24(17)5;1-14(2)13-16-9-11-18-17-10-8-15(3)20(21(17)25-22(18)23-16)19-7-5-6-12-24(19)4;1-13(2)17-11-10-16-15-9-8-14(3)19(20(15)24-21(16)22-17)18-7-5-6-12-23(18)4;1-4-14-9-11-16-15-10-8-13(2)18(19(15)23-20(16)21-14)17-7-5-6-12-22(17)3;1-12-7-9-14-15-10-8-13(2)20-19(15)22-18(14)17(12)16-6-4-5-11-21(16)3/h6-13H,14H2,1-5H3;6-13H,1-5H3;5-12,14H,13H2,1-4H3;5-13H,1-4H3;5-12H,4H2,1-3H3;4-11H,1-3H3/q6*+1. The summed E-state index contributed by atoms with van der Waals surface area (Å²) in [6.07, 6.45) is 15.2. The van der Waals surface area contributed by atoms with Gasteiger partial charge >= 0.3 is 0 Å². The molecule has 0 bridgehead atoms. The van der Waals surface area contributed by atoms with E-state index < -0.39 is 0 Å². The van der Waals surface area contributed by atoms with E-state index in [0.29, 0.717) is 23.3 Å². The van der Waals surface area contributed by atoms with Gasteiger partial charge in [0.05, 0.1) is 33.4 Å². The van der Waals surface area contributed by atoms with Crippen molar-refractivity contribution in [1.29, 1.82) is 0 Å². The Morgan fingerprint density at radius 3 is 0.786 bits per heavy atom. The summed E-state index contributed by atoms with van der Waals surface area (Å²) in [5.41, 5.74) is 37.2. The Bertz CT molecular complexity index is 9100. The fourth-order valence-electron chi connectivity index (χ4n) is 19.9. The van der Waals surface area contributed by atoms with Crippen LogP contribution >= 0.6 is 0 Å². The van der Waals surface area contributed by atoms with Gasteiger partial charge in [0.15, 0.2) is 70.7 Å². The average Bonchev–Trinajstić information content (AvgIpc) is 1.53. The molecule has 18 heterocycles. The molecular weight excluding hydrogens is 1790 g/mol. The first-order chi connectivity index (χ1) is 69.6. The number of aromatic nitrogens is 12. The predicted molar refractivity (Wildman–Crippen MR) is 586 cm³/mol. The highest BCUT2D eigenvalue weighted by molar-refractivity contribution is 6.14. The normalized spacial score (nSPS) is 11.8. The Balaban J connectivity index is 0.000000110. The summed E-state index contributed by atoms with van der Waals surface area (Å²) in [7, 11) is 12.4. The van der Waals surface area contributed by atoms with E-state index >= 15 is 0 Å². The fraction of sp³-hybridized carbons (Fsp3) is 0.244. The molecule has 24 rings (SSSR count). The summed E-state index contributed by atoms with van der Waals surface area (Å²) in [4.78, 5) is 28.3. The molecule has 0 saturated carbocycles. The maximum Gasteiger partial charge on any atom is 0.227 e. The summed E-state index contributed by atoms with van der Waals surface area (Å²) in [5, 5.41) is 13.2. The summed E-state index contributed by atoms with van der Waals surface area (Å²) >= 11 is 0. The largest absolute Gasteiger partial charge is 0.437 e. The molecule has 24 aromatic rings. The van der Waals surface area contributed by atoms with E-state index in [0.717, 1.165) is 242 Å². The minimum absolute atomic E-state index is 0.00220. The number of rotatable bonds is 11. The number of pyridine rings is 12. The highest BCUT2D eigenvalue weighted by atomic mass is 16.4. The maximum atomic E-state index is 6.30. The van der Waals surface area contributed by atoms with Gasteiger partial charge in [0.2, 0.25) is 68.4 Å². The number of hydrogen-bond acceptors (Lipinski definition) is 12. The van der Waals surface area contributed by atoms with Gasteiger partial charge in [-0.15, -0.1) is 0 Å². The van der Waals surface area contributed by atoms with Crippen LogP contribution in [-0.2, 0) is 67.0 Å². The van der Waals surface area contributed by atoms with Crippen LogP contribution in [0.2, 0.25) is 0 Å². The maximum absolute atomic E-state index is 6.30. The van der Waals surface area contributed by atoms with Crippen LogP contribution in [0.4, 0.5) is 0 Å². The monoisotopic (exact) mass is 1920 g/mol. The molecule has 0 radical (unpaired) electrons. The van der Waals surface area contributed by atoms with E-state index in [1.165, 1.54) is 33.4 Å². The van der Waals surface area contributed by atoms with Gasteiger partial charge < -0.3 is 26.5 Å². The zero-order chi connectivity index (χ0) is 102. The van der Waals surface area contributed by atoms with Gasteiger partial charge in [-0.3, -0.25) is 0 Å². The molecule has 0 unspecified atom stereocenters. The van der Waals surface area contributed by atoms with Gasteiger partial charge in [-0.2, -0.15) is 0 Å². The molecule has 0 fully saturated rings. The van der Waals surface area contributed by atoms with Crippen molar-refractivity contribution in [2.75, 3.05) is 0 Å². The Kier molecular flexibility index (Phi) is 27.0. The topological polar surface area (TPSA) is 179 Å². The summed E-state index contributed by atoms with van der Waals surface area (Å²) in [6, 6.07) is 88.5. The molecule has 0 saturated heterocycles. The first kappa shape index (κ1) is 97.7. The molecule has 0 aliphatic carbocycles. The van der Waals surface area contributed by atoms with E-state index in [2.05, 4.69) is 447 Å². The van der Waals surface area contributed by atoms with Crippen LogP contribution in [-0.4, -0.2) is 29.9 Å². The average molecular weight is 1920 g/mol. The molecule has 18 aromatic heterocycles. The molecule has 0 atom stereocenters. The second kappa shape index (κ2) is 40.0. The lowest BCUT2D eigenvalue weighted by Gasteiger charge is -2.16.